The monoisotopic (exact) mass is 383 g/mol. The van der Waals surface area contributed by atoms with Crippen molar-refractivity contribution in [2.75, 3.05) is 31.4 Å². The maximum atomic E-state index is 12.4. The molecule has 3 rings (SSSR count). The summed E-state index contributed by atoms with van der Waals surface area (Å²) in [5.74, 6) is 2.39. The number of nitrogens with one attached hydrogen (secondary N) is 2. The molecule has 1 aliphatic carbocycles. The predicted molar refractivity (Wildman–Crippen MR) is 111 cm³/mol. The molecular weight excluding hydrogens is 354 g/mol. The second kappa shape index (κ2) is 9.39. The highest BCUT2D eigenvalue weighted by molar-refractivity contribution is 5.79. The second-order valence-corrected chi connectivity index (χ2v) is 7.42. The standard InChI is InChI=1S/C21H29N5O2/c1-26(2)19-11-12-22-21(25-19)24-17-9-7-16(8-10-17)23-20(27)14-15-5-4-6-18(13-15)28-3/h4-6,11-13,16-17H,7-10,14H2,1-3H3,(H,23,27)(H,22,24,25). The first-order valence-corrected chi connectivity index (χ1v) is 9.72. The van der Waals surface area contributed by atoms with E-state index in [1.807, 2.05) is 49.3 Å². The van der Waals surface area contributed by atoms with Crippen molar-refractivity contribution in [1.29, 1.82) is 0 Å². The highest BCUT2D eigenvalue weighted by Crippen LogP contribution is 2.22. The van der Waals surface area contributed by atoms with Crippen molar-refractivity contribution in [2.45, 2.75) is 44.2 Å². The third-order valence-corrected chi connectivity index (χ3v) is 5.02. The highest BCUT2D eigenvalue weighted by Gasteiger charge is 2.23. The number of anilines is 2. The summed E-state index contributed by atoms with van der Waals surface area (Å²) >= 11 is 0. The Labute approximate surface area is 166 Å². The van der Waals surface area contributed by atoms with E-state index in [0.29, 0.717) is 18.4 Å². The van der Waals surface area contributed by atoms with E-state index in [1.54, 1.807) is 13.3 Å². The molecule has 28 heavy (non-hydrogen) atoms. The Morgan fingerprint density at radius 2 is 1.93 bits per heavy atom. The second-order valence-electron chi connectivity index (χ2n) is 7.42. The van der Waals surface area contributed by atoms with Crippen LogP contribution in [0.4, 0.5) is 11.8 Å². The maximum Gasteiger partial charge on any atom is 0.224 e. The minimum Gasteiger partial charge on any atom is -0.497 e. The summed E-state index contributed by atoms with van der Waals surface area (Å²) in [4.78, 5) is 23.2. The van der Waals surface area contributed by atoms with E-state index in [2.05, 4.69) is 20.6 Å². The first kappa shape index (κ1) is 19.9. The summed E-state index contributed by atoms with van der Waals surface area (Å²) < 4.78 is 5.22. The zero-order valence-corrected chi connectivity index (χ0v) is 16.8. The fourth-order valence-electron chi connectivity index (χ4n) is 3.48. The fourth-order valence-corrected chi connectivity index (χ4v) is 3.48. The van der Waals surface area contributed by atoms with Gasteiger partial charge in [0.1, 0.15) is 11.6 Å². The van der Waals surface area contributed by atoms with Gasteiger partial charge in [-0.1, -0.05) is 12.1 Å². The van der Waals surface area contributed by atoms with Crippen molar-refractivity contribution in [3.05, 3.63) is 42.1 Å². The molecule has 1 aromatic heterocycles. The highest BCUT2D eigenvalue weighted by atomic mass is 16.5. The smallest absolute Gasteiger partial charge is 0.224 e. The van der Waals surface area contributed by atoms with Crippen LogP contribution in [0.1, 0.15) is 31.2 Å². The van der Waals surface area contributed by atoms with Crippen molar-refractivity contribution < 1.29 is 9.53 Å². The number of methoxy groups -OCH3 is 1. The van der Waals surface area contributed by atoms with E-state index in [1.165, 1.54) is 0 Å². The van der Waals surface area contributed by atoms with Crippen molar-refractivity contribution in [3.63, 3.8) is 0 Å². The summed E-state index contributed by atoms with van der Waals surface area (Å²) in [5, 5.41) is 6.59. The number of ether oxygens (including phenoxy) is 1. The molecule has 1 aliphatic rings. The first-order valence-electron chi connectivity index (χ1n) is 9.72. The number of hydrogen-bond donors (Lipinski definition) is 2. The van der Waals surface area contributed by atoms with Gasteiger partial charge in [-0.3, -0.25) is 4.79 Å². The van der Waals surface area contributed by atoms with Crippen LogP contribution in [0.15, 0.2) is 36.5 Å². The van der Waals surface area contributed by atoms with Crippen molar-refractivity contribution >= 4 is 17.7 Å². The van der Waals surface area contributed by atoms with Gasteiger partial charge < -0.3 is 20.3 Å². The largest absolute Gasteiger partial charge is 0.497 e. The number of rotatable bonds is 7. The fraction of sp³-hybridized carbons (Fsp3) is 0.476. The number of carbonyl (C=O) groups is 1. The minimum absolute atomic E-state index is 0.0617. The van der Waals surface area contributed by atoms with Crippen LogP contribution in [0.3, 0.4) is 0 Å². The number of carbonyl (C=O) groups excluding carboxylic acids is 1. The number of nitrogens with zero attached hydrogens (tertiary/aromatic N) is 3. The van der Waals surface area contributed by atoms with Gasteiger partial charge in [0, 0.05) is 32.4 Å². The number of amides is 1. The summed E-state index contributed by atoms with van der Waals surface area (Å²) in [6.45, 7) is 0. The topological polar surface area (TPSA) is 79.4 Å². The van der Waals surface area contributed by atoms with Crippen LogP contribution < -0.4 is 20.3 Å². The van der Waals surface area contributed by atoms with Crippen molar-refractivity contribution in [1.82, 2.24) is 15.3 Å². The number of benzene rings is 1. The molecule has 0 atom stereocenters. The average Bonchev–Trinajstić information content (AvgIpc) is 2.70. The molecule has 0 aliphatic heterocycles. The molecule has 0 unspecified atom stereocenters. The van der Waals surface area contributed by atoms with Gasteiger partial charge in [0.2, 0.25) is 11.9 Å². The van der Waals surface area contributed by atoms with Gasteiger partial charge in [-0.2, -0.15) is 4.98 Å². The predicted octanol–water partition coefficient (Wildman–Crippen LogP) is 2.63. The molecule has 150 valence electrons. The van der Waals surface area contributed by atoms with Gasteiger partial charge in [0.25, 0.3) is 0 Å². The molecule has 0 saturated heterocycles. The van der Waals surface area contributed by atoms with Crippen LogP contribution in [0.2, 0.25) is 0 Å². The van der Waals surface area contributed by atoms with Crippen LogP contribution in [0, 0.1) is 0 Å². The zero-order chi connectivity index (χ0) is 19.9. The molecule has 1 aromatic carbocycles. The van der Waals surface area contributed by atoms with Crippen LogP contribution in [0.5, 0.6) is 5.75 Å². The van der Waals surface area contributed by atoms with Gasteiger partial charge in [0.05, 0.1) is 13.5 Å². The Morgan fingerprint density at radius 3 is 2.64 bits per heavy atom. The van der Waals surface area contributed by atoms with Gasteiger partial charge in [-0.25, -0.2) is 4.98 Å². The average molecular weight is 383 g/mol. The van der Waals surface area contributed by atoms with Crippen LogP contribution in [-0.2, 0) is 11.2 Å². The van der Waals surface area contributed by atoms with E-state index in [-0.39, 0.29) is 11.9 Å². The molecule has 2 N–H and O–H groups in total. The van der Waals surface area contributed by atoms with Crippen molar-refractivity contribution in [2.24, 2.45) is 0 Å². The molecule has 1 fully saturated rings. The lowest BCUT2D eigenvalue weighted by Crippen LogP contribution is -2.40. The number of aromatic nitrogens is 2. The van der Waals surface area contributed by atoms with Crippen molar-refractivity contribution in [3.8, 4) is 5.75 Å². The molecule has 1 amide bonds. The summed E-state index contributed by atoms with van der Waals surface area (Å²) in [6, 6.07) is 10.1. The molecule has 0 radical (unpaired) electrons. The van der Waals surface area contributed by atoms with E-state index in [0.717, 1.165) is 42.8 Å². The lowest BCUT2D eigenvalue weighted by Gasteiger charge is -2.29. The summed E-state index contributed by atoms with van der Waals surface area (Å²) in [6.07, 6.45) is 6.03. The molecule has 2 aromatic rings. The first-order chi connectivity index (χ1) is 13.5. The Hall–Kier alpha value is -2.83. The van der Waals surface area contributed by atoms with Gasteiger partial charge in [0.15, 0.2) is 0 Å². The van der Waals surface area contributed by atoms with Crippen LogP contribution in [0.25, 0.3) is 0 Å². The summed E-state index contributed by atoms with van der Waals surface area (Å²) in [7, 11) is 5.56. The molecule has 0 bridgehead atoms. The lowest BCUT2D eigenvalue weighted by molar-refractivity contribution is -0.121. The molecular formula is C21H29N5O2. The third-order valence-electron chi connectivity index (χ3n) is 5.02. The van der Waals surface area contributed by atoms with E-state index < -0.39 is 0 Å². The Morgan fingerprint density at radius 1 is 1.18 bits per heavy atom. The Kier molecular flexibility index (Phi) is 6.68. The molecule has 1 heterocycles. The molecule has 1 saturated carbocycles. The Bertz CT molecular complexity index is 788. The minimum atomic E-state index is 0.0617. The lowest BCUT2D eigenvalue weighted by atomic mass is 9.91. The van der Waals surface area contributed by atoms with Gasteiger partial charge >= 0.3 is 0 Å². The normalized spacial score (nSPS) is 19.0. The van der Waals surface area contributed by atoms with E-state index >= 15 is 0 Å². The third kappa shape index (κ3) is 5.58. The number of hydrogen-bond acceptors (Lipinski definition) is 6. The zero-order valence-electron chi connectivity index (χ0n) is 16.8. The molecule has 0 spiro atoms. The molecule has 7 nitrogen and oxygen atoms in total. The van der Waals surface area contributed by atoms with Gasteiger partial charge in [-0.05, 0) is 49.4 Å². The molecule has 7 heteroatoms. The maximum absolute atomic E-state index is 12.4. The SMILES string of the molecule is COc1cccc(CC(=O)NC2CCC(Nc3nccc(N(C)C)n3)CC2)c1. The van der Waals surface area contributed by atoms with E-state index in [9.17, 15) is 4.79 Å². The quantitative estimate of drug-likeness (QED) is 0.765. The van der Waals surface area contributed by atoms with Crippen LogP contribution >= 0.6 is 0 Å². The van der Waals surface area contributed by atoms with Gasteiger partial charge in [-0.15, -0.1) is 0 Å². The Balaban J connectivity index is 1.44. The summed E-state index contributed by atoms with van der Waals surface area (Å²) in [5.41, 5.74) is 0.963. The van der Waals surface area contributed by atoms with E-state index in [4.69, 9.17) is 4.74 Å². The van der Waals surface area contributed by atoms with Crippen LogP contribution in [-0.4, -0.2) is 49.2 Å².